The largest absolute Gasteiger partial charge is 0.355 e. The van der Waals surface area contributed by atoms with Gasteiger partial charge in [-0.3, -0.25) is 9.69 Å². The van der Waals surface area contributed by atoms with E-state index in [9.17, 15) is 4.79 Å². The molecule has 1 N–H and O–H groups in total. The molecule has 1 aliphatic heterocycles. The molecule has 0 saturated carbocycles. The Balaban J connectivity index is 1.30. The van der Waals surface area contributed by atoms with Gasteiger partial charge in [-0.05, 0) is 68.3 Å². The van der Waals surface area contributed by atoms with E-state index in [-0.39, 0.29) is 11.9 Å². The van der Waals surface area contributed by atoms with Crippen LogP contribution in [0.1, 0.15) is 41.5 Å². The molecule has 1 amide bonds. The molecule has 1 fully saturated rings. The number of likely N-dealkylation sites (tertiary alicyclic amines) is 1. The van der Waals surface area contributed by atoms with Gasteiger partial charge in [0.15, 0.2) is 0 Å². The van der Waals surface area contributed by atoms with Crippen molar-refractivity contribution < 1.29 is 4.79 Å². The van der Waals surface area contributed by atoms with Crippen molar-refractivity contribution in [3.05, 3.63) is 95.1 Å². The van der Waals surface area contributed by atoms with Gasteiger partial charge in [-0.25, -0.2) is 0 Å². The lowest BCUT2D eigenvalue weighted by molar-refractivity contribution is -0.125. The zero-order chi connectivity index (χ0) is 22.3. The number of nitrogens with one attached hydrogen (secondary N) is 1. The number of rotatable bonds is 8. The Morgan fingerprint density at radius 2 is 1.62 bits per heavy atom. The highest BCUT2D eigenvalue weighted by Crippen LogP contribution is 2.25. The Kier molecular flexibility index (Phi) is 7.39. The van der Waals surface area contributed by atoms with E-state index in [1.807, 2.05) is 6.07 Å². The first-order valence-corrected chi connectivity index (χ1v) is 11.8. The molecule has 3 aromatic rings. The first-order valence-electron chi connectivity index (χ1n) is 11.8. The van der Waals surface area contributed by atoms with Crippen LogP contribution in [0.15, 0.2) is 72.8 Å². The third-order valence-corrected chi connectivity index (χ3v) is 6.35. The molecule has 166 valence electrons. The number of nitrogens with zero attached hydrogens (tertiary/aromatic N) is 1. The van der Waals surface area contributed by atoms with Crippen molar-refractivity contribution in [1.29, 1.82) is 0 Å². The maximum atomic E-state index is 12.8. The highest BCUT2D eigenvalue weighted by molar-refractivity contribution is 5.82. The second kappa shape index (κ2) is 10.6. The summed E-state index contributed by atoms with van der Waals surface area (Å²) in [7, 11) is 0. The molecule has 1 saturated heterocycles. The number of hydrogen-bond acceptors (Lipinski definition) is 2. The van der Waals surface area contributed by atoms with Crippen molar-refractivity contribution in [3.8, 4) is 11.1 Å². The monoisotopic (exact) mass is 426 g/mol. The van der Waals surface area contributed by atoms with Gasteiger partial charge >= 0.3 is 0 Å². The molecular weight excluding hydrogens is 392 g/mol. The fraction of sp³-hybridized carbons (Fsp3) is 0.345. The molecule has 0 bridgehead atoms. The van der Waals surface area contributed by atoms with E-state index in [1.165, 1.54) is 33.4 Å². The second-order valence-electron chi connectivity index (χ2n) is 9.08. The molecule has 1 atom stereocenters. The third kappa shape index (κ3) is 5.86. The summed E-state index contributed by atoms with van der Waals surface area (Å²) in [6.07, 6.45) is 4.01. The van der Waals surface area contributed by atoms with Crippen LogP contribution in [0.3, 0.4) is 0 Å². The Morgan fingerprint density at radius 3 is 2.34 bits per heavy atom. The van der Waals surface area contributed by atoms with Gasteiger partial charge in [0.05, 0.1) is 6.04 Å². The minimum absolute atomic E-state index is 0.00850. The Bertz CT molecular complexity index is 1010. The average molecular weight is 427 g/mol. The standard InChI is InChI=1S/C29H34N2O/c1-22-18-23(2)20-27(19-22)26-14-12-25(13-15-26)21-31-17-7-11-28(31)29(32)30-16-6-10-24-8-4-3-5-9-24/h3-5,8-9,12-15,18-20,28H,6-7,10-11,16-17,21H2,1-2H3,(H,30,32). The fourth-order valence-corrected chi connectivity index (χ4v) is 4.76. The van der Waals surface area contributed by atoms with Gasteiger partial charge in [0.25, 0.3) is 0 Å². The topological polar surface area (TPSA) is 32.3 Å². The van der Waals surface area contributed by atoms with Gasteiger partial charge in [0.1, 0.15) is 0 Å². The molecule has 3 aromatic carbocycles. The van der Waals surface area contributed by atoms with Crippen LogP contribution in [0.4, 0.5) is 0 Å². The van der Waals surface area contributed by atoms with Crippen LogP contribution in [0.5, 0.6) is 0 Å². The number of benzene rings is 3. The van der Waals surface area contributed by atoms with Crippen molar-refractivity contribution in [2.45, 2.75) is 52.1 Å². The Morgan fingerprint density at radius 1 is 0.906 bits per heavy atom. The first-order chi connectivity index (χ1) is 15.6. The summed E-state index contributed by atoms with van der Waals surface area (Å²) in [6.45, 7) is 6.84. The smallest absolute Gasteiger partial charge is 0.237 e. The molecule has 0 aliphatic carbocycles. The molecule has 1 aliphatic rings. The quantitative estimate of drug-likeness (QED) is 0.470. The summed E-state index contributed by atoms with van der Waals surface area (Å²) < 4.78 is 0. The molecule has 4 rings (SSSR count). The molecule has 0 aromatic heterocycles. The maximum absolute atomic E-state index is 12.8. The van der Waals surface area contributed by atoms with Crippen molar-refractivity contribution >= 4 is 5.91 Å². The molecule has 3 heteroatoms. The SMILES string of the molecule is Cc1cc(C)cc(-c2ccc(CN3CCCC3C(=O)NCCCc3ccccc3)cc2)c1. The molecule has 1 unspecified atom stereocenters. The fourth-order valence-electron chi connectivity index (χ4n) is 4.76. The van der Waals surface area contributed by atoms with Crippen molar-refractivity contribution in [2.24, 2.45) is 0 Å². The zero-order valence-electron chi connectivity index (χ0n) is 19.3. The van der Waals surface area contributed by atoms with Gasteiger partial charge in [-0.2, -0.15) is 0 Å². The lowest BCUT2D eigenvalue weighted by Crippen LogP contribution is -2.43. The van der Waals surface area contributed by atoms with E-state index in [1.54, 1.807) is 0 Å². The predicted octanol–water partition coefficient (Wildman–Crippen LogP) is 5.68. The summed E-state index contributed by atoms with van der Waals surface area (Å²) >= 11 is 0. The normalized spacial score (nSPS) is 16.2. The number of hydrogen-bond donors (Lipinski definition) is 1. The zero-order valence-corrected chi connectivity index (χ0v) is 19.3. The first kappa shape index (κ1) is 22.3. The van der Waals surface area contributed by atoms with Crippen LogP contribution < -0.4 is 5.32 Å². The molecule has 1 heterocycles. The lowest BCUT2D eigenvalue weighted by atomic mass is 9.99. The minimum Gasteiger partial charge on any atom is -0.355 e. The van der Waals surface area contributed by atoms with E-state index in [2.05, 4.69) is 90.8 Å². The van der Waals surface area contributed by atoms with Crippen LogP contribution in [0, 0.1) is 13.8 Å². The van der Waals surface area contributed by atoms with Gasteiger partial charge in [0.2, 0.25) is 5.91 Å². The third-order valence-electron chi connectivity index (χ3n) is 6.35. The predicted molar refractivity (Wildman–Crippen MR) is 133 cm³/mol. The average Bonchev–Trinajstić information content (AvgIpc) is 3.25. The van der Waals surface area contributed by atoms with Crippen LogP contribution in [-0.4, -0.2) is 29.9 Å². The highest BCUT2D eigenvalue weighted by atomic mass is 16.2. The summed E-state index contributed by atoms with van der Waals surface area (Å²) in [4.78, 5) is 15.1. The van der Waals surface area contributed by atoms with Crippen LogP contribution in [0.25, 0.3) is 11.1 Å². The van der Waals surface area contributed by atoms with E-state index in [4.69, 9.17) is 0 Å². The number of amides is 1. The molecule has 3 nitrogen and oxygen atoms in total. The lowest BCUT2D eigenvalue weighted by Gasteiger charge is -2.24. The van der Waals surface area contributed by atoms with Gasteiger partial charge in [0, 0.05) is 13.1 Å². The van der Waals surface area contributed by atoms with E-state index in [0.29, 0.717) is 0 Å². The van der Waals surface area contributed by atoms with Crippen LogP contribution >= 0.6 is 0 Å². The molecule has 32 heavy (non-hydrogen) atoms. The second-order valence-corrected chi connectivity index (χ2v) is 9.08. The van der Waals surface area contributed by atoms with E-state index >= 15 is 0 Å². The Hall–Kier alpha value is -2.91. The van der Waals surface area contributed by atoms with E-state index in [0.717, 1.165) is 45.3 Å². The minimum atomic E-state index is -0.00850. The molecular formula is C29H34N2O. The van der Waals surface area contributed by atoms with Gasteiger partial charge in [-0.15, -0.1) is 0 Å². The van der Waals surface area contributed by atoms with Crippen molar-refractivity contribution in [2.75, 3.05) is 13.1 Å². The summed E-state index contributed by atoms with van der Waals surface area (Å²) in [5.41, 5.74) is 7.69. The summed E-state index contributed by atoms with van der Waals surface area (Å²) in [6, 6.07) is 26.0. The Labute approximate surface area is 192 Å². The van der Waals surface area contributed by atoms with Crippen molar-refractivity contribution in [3.63, 3.8) is 0 Å². The van der Waals surface area contributed by atoms with Gasteiger partial charge in [-0.1, -0.05) is 83.9 Å². The van der Waals surface area contributed by atoms with Crippen molar-refractivity contribution in [1.82, 2.24) is 10.2 Å². The number of carbonyl (C=O) groups is 1. The van der Waals surface area contributed by atoms with Crippen LogP contribution in [-0.2, 0) is 17.8 Å². The summed E-state index contributed by atoms with van der Waals surface area (Å²) in [5, 5.41) is 3.17. The van der Waals surface area contributed by atoms with Crippen LogP contribution in [0.2, 0.25) is 0 Å². The maximum Gasteiger partial charge on any atom is 0.237 e. The summed E-state index contributed by atoms with van der Waals surface area (Å²) in [5.74, 6) is 0.183. The molecule has 0 spiro atoms. The highest BCUT2D eigenvalue weighted by Gasteiger charge is 2.30. The number of carbonyl (C=O) groups excluding carboxylic acids is 1. The number of aryl methyl sites for hydroxylation is 3. The molecule has 0 radical (unpaired) electrons. The van der Waals surface area contributed by atoms with E-state index < -0.39 is 0 Å². The van der Waals surface area contributed by atoms with Gasteiger partial charge < -0.3 is 5.32 Å².